The average molecular weight is 359 g/mol. The van der Waals surface area contributed by atoms with Crippen LogP contribution >= 0.6 is 15.9 Å². The molecule has 0 heterocycles. The molecule has 0 aromatic heterocycles. The third kappa shape index (κ3) is 3.80. The van der Waals surface area contributed by atoms with Crippen molar-refractivity contribution in [3.63, 3.8) is 0 Å². The van der Waals surface area contributed by atoms with Gasteiger partial charge < -0.3 is 5.32 Å². The fourth-order valence-corrected chi connectivity index (χ4v) is 2.21. The molecule has 0 fully saturated rings. The molecule has 0 radical (unpaired) electrons. The minimum atomic E-state index is -0.573. The molecule has 5 heteroatoms. The molecule has 3 nitrogen and oxygen atoms in total. The predicted molar refractivity (Wildman–Crippen MR) is 87.5 cm³/mol. The Morgan fingerprint density at radius 2 is 2.05 bits per heavy atom. The van der Waals surface area contributed by atoms with Crippen LogP contribution in [0.1, 0.15) is 11.1 Å². The van der Waals surface area contributed by atoms with Gasteiger partial charge in [0.05, 0.1) is 0 Å². The van der Waals surface area contributed by atoms with E-state index in [0.717, 1.165) is 5.56 Å². The lowest BCUT2D eigenvalue weighted by Crippen LogP contribution is -2.14. The van der Waals surface area contributed by atoms with Gasteiger partial charge in [0.1, 0.15) is 17.5 Å². The van der Waals surface area contributed by atoms with Gasteiger partial charge in [0, 0.05) is 15.7 Å². The van der Waals surface area contributed by atoms with E-state index >= 15 is 0 Å². The molecule has 0 aliphatic rings. The highest BCUT2D eigenvalue weighted by Gasteiger charge is 2.12. The van der Waals surface area contributed by atoms with E-state index < -0.39 is 11.7 Å². The van der Waals surface area contributed by atoms with Crippen LogP contribution in [-0.2, 0) is 4.79 Å². The van der Waals surface area contributed by atoms with Gasteiger partial charge in [0.2, 0.25) is 0 Å². The number of aryl methyl sites for hydroxylation is 1. The number of hydrogen-bond donors (Lipinski definition) is 1. The van der Waals surface area contributed by atoms with Gasteiger partial charge in [0.15, 0.2) is 0 Å². The number of amides is 1. The Balaban J connectivity index is 2.30. The number of nitrogens with zero attached hydrogens (tertiary/aromatic N) is 1. The molecule has 0 saturated heterocycles. The normalized spacial score (nSPS) is 10.9. The highest BCUT2D eigenvalue weighted by atomic mass is 79.9. The summed E-state index contributed by atoms with van der Waals surface area (Å²) in [6.45, 7) is 1.85. The Bertz CT molecular complexity index is 793. The first-order chi connectivity index (χ1) is 10.5. The number of anilines is 1. The Labute approximate surface area is 136 Å². The third-order valence-electron chi connectivity index (χ3n) is 3.02. The minimum absolute atomic E-state index is 0.166. The van der Waals surface area contributed by atoms with E-state index in [4.69, 9.17) is 5.26 Å². The molecule has 0 bridgehead atoms. The van der Waals surface area contributed by atoms with Crippen molar-refractivity contribution in [2.24, 2.45) is 0 Å². The molecule has 0 unspecified atom stereocenters. The fraction of sp³-hybridized carbons (Fsp3) is 0.0588. The molecule has 22 heavy (non-hydrogen) atoms. The molecule has 2 aromatic rings. The first-order valence-electron chi connectivity index (χ1n) is 6.45. The summed E-state index contributed by atoms with van der Waals surface area (Å²) >= 11 is 3.23. The van der Waals surface area contributed by atoms with Crippen LogP contribution < -0.4 is 5.32 Å². The Kier molecular flexibility index (Phi) is 5.08. The number of carbonyl (C=O) groups is 1. The molecule has 1 amide bonds. The first-order valence-corrected chi connectivity index (χ1v) is 7.24. The van der Waals surface area contributed by atoms with Crippen molar-refractivity contribution in [1.82, 2.24) is 0 Å². The van der Waals surface area contributed by atoms with Crippen LogP contribution in [0.25, 0.3) is 6.08 Å². The molecule has 110 valence electrons. The maximum atomic E-state index is 13.7. The topological polar surface area (TPSA) is 52.9 Å². The Morgan fingerprint density at radius 3 is 2.73 bits per heavy atom. The number of nitrogens with one attached hydrogen (secondary N) is 1. The van der Waals surface area contributed by atoms with Crippen molar-refractivity contribution < 1.29 is 9.18 Å². The maximum absolute atomic E-state index is 13.7. The number of halogens is 2. The van der Waals surface area contributed by atoms with Gasteiger partial charge in [0.25, 0.3) is 5.91 Å². The summed E-state index contributed by atoms with van der Waals surface area (Å²) < 4.78 is 14.4. The molecule has 2 rings (SSSR count). The highest BCUT2D eigenvalue weighted by Crippen LogP contribution is 2.19. The predicted octanol–water partition coefficient (Wildman–Crippen LogP) is 4.44. The number of nitriles is 1. The quantitative estimate of drug-likeness (QED) is 0.651. The lowest BCUT2D eigenvalue weighted by molar-refractivity contribution is -0.112. The van der Waals surface area contributed by atoms with Crippen LogP contribution in [0, 0.1) is 24.1 Å². The smallest absolute Gasteiger partial charge is 0.266 e. The molecule has 0 aliphatic carbocycles. The average Bonchev–Trinajstić information content (AvgIpc) is 2.50. The van der Waals surface area contributed by atoms with E-state index in [2.05, 4.69) is 21.2 Å². The molecule has 1 N–H and O–H groups in total. The number of carbonyl (C=O) groups excluding carboxylic acids is 1. The van der Waals surface area contributed by atoms with Crippen molar-refractivity contribution in [3.8, 4) is 6.07 Å². The second-order valence-electron chi connectivity index (χ2n) is 4.60. The molecule has 0 saturated carbocycles. The van der Waals surface area contributed by atoms with Crippen LogP contribution in [0.15, 0.2) is 52.5 Å². The van der Waals surface area contributed by atoms with Crippen LogP contribution in [0.3, 0.4) is 0 Å². The zero-order chi connectivity index (χ0) is 16.1. The third-order valence-corrected chi connectivity index (χ3v) is 3.51. The molecular weight excluding hydrogens is 347 g/mol. The van der Waals surface area contributed by atoms with Crippen LogP contribution in [-0.4, -0.2) is 5.91 Å². The fourth-order valence-electron chi connectivity index (χ4n) is 1.83. The lowest BCUT2D eigenvalue weighted by atomic mass is 10.1. The number of rotatable bonds is 3. The summed E-state index contributed by atoms with van der Waals surface area (Å²) in [5.74, 6) is -1.07. The van der Waals surface area contributed by atoms with E-state index in [1.165, 1.54) is 18.2 Å². The highest BCUT2D eigenvalue weighted by molar-refractivity contribution is 9.10. The summed E-state index contributed by atoms with van der Waals surface area (Å²) in [4.78, 5) is 12.2. The van der Waals surface area contributed by atoms with Gasteiger partial charge in [-0.1, -0.05) is 34.1 Å². The second-order valence-corrected chi connectivity index (χ2v) is 5.52. The largest absolute Gasteiger partial charge is 0.321 e. The van der Waals surface area contributed by atoms with Gasteiger partial charge in [-0.2, -0.15) is 5.26 Å². The molecule has 0 aliphatic heterocycles. The summed E-state index contributed by atoms with van der Waals surface area (Å²) in [5, 5.41) is 11.8. The standard InChI is InChI=1S/C17H12BrFN2O/c1-11-4-2-3-5-16(11)21-17(22)13(10-20)8-12-9-14(18)6-7-15(12)19/h2-9H,1H3,(H,21,22)/b13-8+. The van der Waals surface area contributed by atoms with E-state index in [0.29, 0.717) is 10.2 Å². The Morgan fingerprint density at radius 1 is 1.32 bits per heavy atom. The van der Waals surface area contributed by atoms with Crippen molar-refractivity contribution in [2.45, 2.75) is 6.92 Å². The van der Waals surface area contributed by atoms with Crippen molar-refractivity contribution >= 4 is 33.6 Å². The Hall–Kier alpha value is -2.45. The maximum Gasteiger partial charge on any atom is 0.266 e. The van der Waals surface area contributed by atoms with Gasteiger partial charge in [-0.3, -0.25) is 4.79 Å². The second kappa shape index (κ2) is 7.01. The van der Waals surface area contributed by atoms with E-state index in [1.807, 2.05) is 19.1 Å². The molecule has 0 atom stereocenters. The number of hydrogen-bond acceptors (Lipinski definition) is 2. The van der Waals surface area contributed by atoms with Crippen LogP contribution in [0.4, 0.5) is 10.1 Å². The van der Waals surface area contributed by atoms with E-state index in [-0.39, 0.29) is 11.1 Å². The van der Waals surface area contributed by atoms with E-state index in [1.54, 1.807) is 24.3 Å². The first kappa shape index (κ1) is 15.9. The summed E-state index contributed by atoms with van der Waals surface area (Å²) in [6.07, 6.45) is 1.23. The van der Waals surface area contributed by atoms with Crippen molar-refractivity contribution in [3.05, 3.63) is 69.5 Å². The van der Waals surface area contributed by atoms with Gasteiger partial charge in [-0.25, -0.2) is 4.39 Å². The number of para-hydroxylation sites is 1. The zero-order valence-corrected chi connectivity index (χ0v) is 13.3. The number of benzene rings is 2. The van der Waals surface area contributed by atoms with Crippen LogP contribution in [0.2, 0.25) is 0 Å². The molecule has 2 aromatic carbocycles. The van der Waals surface area contributed by atoms with Gasteiger partial charge >= 0.3 is 0 Å². The van der Waals surface area contributed by atoms with Crippen molar-refractivity contribution in [2.75, 3.05) is 5.32 Å². The van der Waals surface area contributed by atoms with E-state index in [9.17, 15) is 9.18 Å². The molecular formula is C17H12BrFN2O. The minimum Gasteiger partial charge on any atom is -0.321 e. The summed E-state index contributed by atoms with van der Waals surface area (Å²) in [6, 6.07) is 13.3. The summed E-state index contributed by atoms with van der Waals surface area (Å²) in [7, 11) is 0. The molecule has 0 spiro atoms. The SMILES string of the molecule is Cc1ccccc1NC(=O)/C(C#N)=C/c1cc(Br)ccc1F. The summed E-state index contributed by atoms with van der Waals surface area (Å²) in [5.41, 5.74) is 1.50. The van der Waals surface area contributed by atoms with Gasteiger partial charge in [-0.15, -0.1) is 0 Å². The van der Waals surface area contributed by atoms with Crippen LogP contribution in [0.5, 0.6) is 0 Å². The zero-order valence-electron chi connectivity index (χ0n) is 11.7. The van der Waals surface area contributed by atoms with Gasteiger partial charge in [-0.05, 0) is 42.8 Å². The van der Waals surface area contributed by atoms with Crippen molar-refractivity contribution in [1.29, 1.82) is 5.26 Å². The lowest BCUT2D eigenvalue weighted by Gasteiger charge is -2.07. The monoisotopic (exact) mass is 358 g/mol.